The van der Waals surface area contributed by atoms with Gasteiger partial charge >= 0.3 is 0 Å². The van der Waals surface area contributed by atoms with Crippen LogP contribution in [0.5, 0.6) is 0 Å². The third kappa shape index (κ3) is 2.65. The smallest absolute Gasteiger partial charge is 0.238 e. The van der Waals surface area contributed by atoms with Crippen LogP contribution in [0.1, 0.15) is 60.4 Å². The van der Waals surface area contributed by atoms with Crippen LogP contribution in [0, 0.1) is 15.4 Å². The molecule has 4 aliphatic rings. The highest BCUT2D eigenvalue weighted by Crippen LogP contribution is 2.61. The molecule has 0 spiro atoms. The summed E-state index contributed by atoms with van der Waals surface area (Å²) >= 11 is 2.24. The molecule has 0 N–H and O–H groups in total. The van der Waals surface area contributed by atoms with Crippen LogP contribution >= 0.6 is 22.6 Å². The molecule has 4 heteroatoms. The van der Waals surface area contributed by atoms with Crippen LogP contribution in [-0.2, 0) is 15.0 Å². The van der Waals surface area contributed by atoms with Gasteiger partial charge in [-0.15, -0.1) is 0 Å². The number of hydrogen-bond acceptors (Lipinski definition) is 2. The van der Waals surface area contributed by atoms with Crippen molar-refractivity contribution in [2.45, 2.75) is 38.0 Å². The van der Waals surface area contributed by atoms with Gasteiger partial charge in [0.2, 0.25) is 11.8 Å². The SMILES string of the molecule is CC(C)(C)c1ccc2c(c1)[C@@H]1c3ccccc3[C@@H]2[C@@H]2C(=O)N(c3ccc(I)cc3)C(=O)[C@H]12. The van der Waals surface area contributed by atoms with Crippen molar-refractivity contribution in [1.82, 2.24) is 0 Å². The van der Waals surface area contributed by atoms with Gasteiger partial charge in [0, 0.05) is 15.4 Å². The summed E-state index contributed by atoms with van der Waals surface area (Å²) in [7, 11) is 0. The fourth-order valence-corrected chi connectivity index (χ4v) is 6.40. The summed E-state index contributed by atoms with van der Waals surface area (Å²) in [6.07, 6.45) is 0. The van der Waals surface area contributed by atoms with Crippen molar-refractivity contribution in [3.8, 4) is 0 Å². The lowest BCUT2D eigenvalue weighted by atomic mass is 9.54. The second-order valence-electron chi connectivity index (χ2n) is 10.2. The molecule has 0 unspecified atom stereocenters. The van der Waals surface area contributed by atoms with Gasteiger partial charge in [0.05, 0.1) is 17.5 Å². The van der Waals surface area contributed by atoms with E-state index >= 15 is 0 Å². The van der Waals surface area contributed by atoms with Gasteiger partial charge < -0.3 is 0 Å². The average Bonchev–Trinajstić information content (AvgIpc) is 3.04. The second kappa shape index (κ2) is 6.77. The number of carbonyl (C=O) groups excluding carboxylic acids is 2. The summed E-state index contributed by atoms with van der Waals surface area (Å²) in [6.45, 7) is 6.65. The minimum atomic E-state index is -0.343. The van der Waals surface area contributed by atoms with Crippen molar-refractivity contribution in [3.63, 3.8) is 0 Å². The molecule has 0 radical (unpaired) electrons. The van der Waals surface area contributed by atoms with E-state index in [2.05, 4.69) is 85.8 Å². The predicted molar refractivity (Wildman–Crippen MR) is 134 cm³/mol. The number of benzene rings is 3. The first-order valence-electron chi connectivity index (χ1n) is 11.1. The van der Waals surface area contributed by atoms with Gasteiger partial charge in [-0.2, -0.15) is 0 Å². The summed E-state index contributed by atoms with van der Waals surface area (Å²) < 4.78 is 1.08. The molecular weight excluding hydrogens is 509 g/mol. The summed E-state index contributed by atoms with van der Waals surface area (Å²) in [6, 6.07) is 22.8. The lowest BCUT2D eigenvalue weighted by Crippen LogP contribution is -2.41. The Morgan fingerprint density at radius 2 is 1.25 bits per heavy atom. The molecule has 7 rings (SSSR count). The molecule has 0 aromatic heterocycles. The van der Waals surface area contributed by atoms with E-state index in [-0.39, 0.29) is 40.9 Å². The minimum absolute atomic E-state index is 0.0212. The fourth-order valence-electron chi connectivity index (χ4n) is 6.04. The van der Waals surface area contributed by atoms with E-state index in [0.29, 0.717) is 5.69 Å². The zero-order chi connectivity index (χ0) is 22.4. The third-order valence-corrected chi connectivity index (χ3v) is 8.21. The summed E-state index contributed by atoms with van der Waals surface area (Å²) in [5, 5.41) is 0. The molecular formula is C28H24INO2. The van der Waals surface area contributed by atoms with Crippen LogP contribution in [0.25, 0.3) is 0 Å². The van der Waals surface area contributed by atoms with Crippen molar-refractivity contribution in [2.24, 2.45) is 11.8 Å². The highest BCUT2D eigenvalue weighted by atomic mass is 127. The van der Waals surface area contributed by atoms with Gasteiger partial charge in [-0.25, -0.2) is 4.90 Å². The molecule has 2 bridgehead atoms. The first-order valence-corrected chi connectivity index (χ1v) is 12.2. The largest absolute Gasteiger partial charge is 0.274 e. The normalized spacial score (nSPS) is 25.6. The van der Waals surface area contributed by atoms with E-state index in [1.807, 2.05) is 24.3 Å². The number of hydrogen-bond donors (Lipinski definition) is 0. The van der Waals surface area contributed by atoms with Gasteiger partial charge in [0.25, 0.3) is 0 Å². The van der Waals surface area contributed by atoms with Gasteiger partial charge in [-0.05, 0) is 80.1 Å². The van der Waals surface area contributed by atoms with Crippen molar-refractivity contribution in [2.75, 3.05) is 4.90 Å². The number of imide groups is 1. The zero-order valence-corrected chi connectivity index (χ0v) is 20.5. The first-order chi connectivity index (χ1) is 15.3. The molecule has 1 aliphatic heterocycles. The van der Waals surface area contributed by atoms with E-state index in [9.17, 15) is 9.59 Å². The van der Waals surface area contributed by atoms with Crippen molar-refractivity contribution >= 4 is 40.1 Å². The third-order valence-electron chi connectivity index (χ3n) is 7.49. The summed E-state index contributed by atoms with van der Waals surface area (Å²) in [4.78, 5) is 29.1. The highest BCUT2D eigenvalue weighted by molar-refractivity contribution is 14.1. The molecule has 160 valence electrons. The van der Waals surface area contributed by atoms with E-state index in [1.54, 1.807) is 0 Å². The molecule has 1 fully saturated rings. The number of halogens is 1. The van der Waals surface area contributed by atoms with Gasteiger partial charge in [-0.1, -0.05) is 63.2 Å². The van der Waals surface area contributed by atoms with Crippen LogP contribution in [0.4, 0.5) is 5.69 Å². The van der Waals surface area contributed by atoms with Crippen LogP contribution in [0.3, 0.4) is 0 Å². The molecule has 3 aromatic carbocycles. The van der Waals surface area contributed by atoms with Gasteiger partial charge in [0.15, 0.2) is 0 Å². The van der Waals surface area contributed by atoms with E-state index in [1.165, 1.54) is 32.7 Å². The maximum absolute atomic E-state index is 13.8. The Morgan fingerprint density at radius 3 is 1.81 bits per heavy atom. The molecule has 3 aliphatic carbocycles. The Bertz CT molecular complexity index is 1290. The molecule has 4 atom stereocenters. The van der Waals surface area contributed by atoms with Crippen molar-refractivity contribution < 1.29 is 9.59 Å². The molecule has 1 heterocycles. The van der Waals surface area contributed by atoms with E-state index in [4.69, 9.17) is 0 Å². The monoisotopic (exact) mass is 533 g/mol. The molecule has 3 aromatic rings. The zero-order valence-electron chi connectivity index (χ0n) is 18.3. The maximum Gasteiger partial charge on any atom is 0.238 e. The molecule has 3 nitrogen and oxygen atoms in total. The second-order valence-corrected chi connectivity index (χ2v) is 11.5. The summed E-state index contributed by atoms with van der Waals surface area (Å²) in [5.74, 6) is -0.952. The Hall–Kier alpha value is -2.47. The van der Waals surface area contributed by atoms with E-state index < -0.39 is 0 Å². The highest BCUT2D eigenvalue weighted by Gasteiger charge is 2.61. The van der Waals surface area contributed by atoms with Gasteiger partial charge in [-0.3, -0.25) is 9.59 Å². The first kappa shape index (κ1) is 20.2. The van der Waals surface area contributed by atoms with Crippen molar-refractivity contribution in [3.05, 3.63) is 98.1 Å². The molecule has 32 heavy (non-hydrogen) atoms. The van der Waals surface area contributed by atoms with Crippen LogP contribution in [-0.4, -0.2) is 11.8 Å². The maximum atomic E-state index is 13.8. The number of carbonyl (C=O) groups is 2. The van der Waals surface area contributed by atoms with Crippen LogP contribution < -0.4 is 4.90 Å². The predicted octanol–water partition coefficient (Wildman–Crippen LogP) is 5.99. The number of anilines is 1. The van der Waals surface area contributed by atoms with Crippen LogP contribution in [0.2, 0.25) is 0 Å². The van der Waals surface area contributed by atoms with Crippen LogP contribution in [0.15, 0.2) is 66.7 Å². The minimum Gasteiger partial charge on any atom is -0.274 e. The van der Waals surface area contributed by atoms with Crippen molar-refractivity contribution in [1.29, 1.82) is 0 Å². The number of amides is 2. The van der Waals surface area contributed by atoms with E-state index in [0.717, 1.165) is 3.57 Å². The lowest BCUT2D eigenvalue weighted by molar-refractivity contribution is -0.122. The quantitative estimate of drug-likeness (QED) is 0.285. The Kier molecular flexibility index (Phi) is 4.26. The Morgan fingerprint density at radius 1 is 0.719 bits per heavy atom. The lowest BCUT2D eigenvalue weighted by Gasteiger charge is -2.46. The Labute approximate surface area is 202 Å². The fraction of sp³-hybridized carbons (Fsp3) is 0.286. The molecule has 1 saturated heterocycles. The number of rotatable bonds is 1. The number of nitrogens with zero attached hydrogens (tertiary/aromatic N) is 1. The Balaban J connectivity index is 1.56. The molecule has 2 amide bonds. The topological polar surface area (TPSA) is 37.4 Å². The van der Waals surface area contributed by atoms with Gasteiger partial charge in [0.1, 0.15) is 0 Å². The summed E-state index contributed by atoms with van der Waals surface area (Å²) in [5.41, 5.74) is 6.83. The average molecular weight is 533 g/mol. The molecule has 0 saturated carbocycles. The standard InChI is InChI=1S/C28H24INO2/c1-28(2,3)15-8-13-20-21(14-15)23-19-7-5-4-6-18(19)22(20)24-25(23)27(32)30(26(24)31)17-11-9-16(29)10-12-17/h4-14,22-25H,1-3H3/t22-,23-,24-,25+/m0/s1.